The average molecular weight is 1330 g/mol. The molecule has 32 nitrogen and oxygen atoms in total. The fraction of sp³-hybridized carbons (Fsp3) is 0.694. The molecule has 1 aromatic carbocycles. The van der Waals surface area contributed by atoms with Gasteiger partial charge in [0.1, 0.15) is 12.1 Å². The number of carbonyl (C=O) groups excluding carboxylic acids is 2. The Bertz CT molecular complexity index is 2750. The molecule has 1 unspecified atom stereocenters. The summed E-state index contributed by atoms with van der Waals surface area (Å²) >= 11 is 0. The van der Waals surface area contributed by atoms with Crippen LogP contribution in [-0.2, 0) is 49.6 Å². The van der Waals surface area contributed by atoms with Crippen molar-refractivity contribution in [2.45, 2.75) is 147 Å². The highest BCUT2D eigenvalue weighted by molar-refractivity contribution is 5.86. The molecule has 2 aromatic rings. The maximum atomic E-state index is 12.4. The maximum Gasteiger partial charge on any atom is 0.326 e. The Morgan fingerprint density at radius 2 is 0.968 bits per heavy atom. The number of amides is 3. The molecule has 4 heterocycles. The molecular formula is C62H98N14O18. The predicted molar refractivity (Wildman–Crippen MR) is 343 cm³/mol. The fourth-order valence-corrected chi connectivity index (χ4v) is 11.9. The number of piperidine rings is 1. The van der Waals surface area contributed by atoms with Gasteiger partial charge in [-0.3, -0.25) is 58.1 Å². The summed E-state index contributed by atoms with van der Waals surface area (Å²) in [7, 11) is 0. The number of carboxylic acids is 8. The molecule has 3 aliphatic heterocycles. The summed E-state index contributed by atoms with van der Waals surface area (Å²) in [5.74, 6) is -7.42. The third-order valence-electron chi connectivity index (χ3n) is 17.1. The average Bonchev–Trinajstić information content (AvgIpc) is 0.818. The molecule has 0 bridgehead atoms. The van der Waals surface area contributed by atoms with Gasteiger partial charge in [-0.05, 0) is 101 Å². The van der Waals surface area contributed by atoms with Gasteiger partial charge in [0, 0.05) is 123 Å². The van der Waals surface area contributed by atoms with Crippen LogP contribution in [-0.4, -0.2) is 282 Å². The van der Waals surface area contributed by atoms with E-state index < -0.39 is 78.3 Å². The van der Waals surface area contributed by atoms with Gasteiger partial charge < -0.3 is 71.9 Å². The highest BCUT2D eigenvalue weighted by Gasteiger charge is 2.30. The van der Waals surface area contributed by atoms with E-state index in [-0.39, 0.29) is 97.2 Å². The van der Waals surface area contributed by atoms with E-state index in [1.165, 1.54) is 0 Å². The number of hydrogen-bond acceptors (Lipinski definition) is 21. The maximum absolute atomic E-state index is 12.4. The molecule has 0 radical (unpaired) electrons. The van der Waals surface area contributed by atoms with E-state index in [9.17, 15) is 83.7 Å². The van der Waals surface area contributed by atoms with E-state index in [0.29, 0.717) is 94.3 Å². The van der Waals surface area contributed by atoms with Crippen LogP contribution in [0.4, 0.5) is 28.3 Å². The lowest BCUT2D eigenvalue weighted by molar-refractivity contribution is -0.142. The molecule has 3 saturated heterocycles. The van der Waals surface area contributed by atoms with Crippen molar-refractivity contribution in [3.63, 3.8) is 0 Å². The minimum Gasteiger partial charge on any atom is -0.481 e. The number of anilines is 4. The highest BCUT2D eigenvalue weighted by Crippen LogP contribution is 2.28. The minimum atomic E-state index is -1.50. The van der Waals surface area contributed by atoms with Gasteiger partial charge in [-0.25, -0.2) is 14.4 Å². The number of carboxylic acid groups (broad SMARTS) is 8. The van der Waals surface area contributed by atoms with Gasteiger partial charge in [-0.15, -0.1) is 0 Å². The lowest BCUT2D eigenvalue weighted by Gasteiger charge is -2.37. The third-order valence-corrected chi connectivity index (χ3v) is 17.1. The second kappa shape index (κ2) is 41.6. The van der Waals surface area contributed by atoms with Crippen LogP contribution in [0, 0.1) is 5.92 Å². The molecule has 32 heteroatoms. The number of nitrogens with zero attached hydrogens (tertiary/aromatic N) is 10. The van der Waals surface area contributed by atoms with Crippen LogP contribution in [0.25, 0.3) is 0 Å². The monoisotopic (exact) mass is 1330 g/mol. The summed E-state index contributed by atoms with van der Waals surface area (Å²) < 4.78 is 0. The SMILES string of the molecule is O=C(O)CCCC1CCN(c2nc(Nc3ccc(CC4CN(CC(=O)O)CCN(CC(=O)O)CCN(CC(=O)O)CCN4CC(=O)O)cc3)nc(N3CCN(CCCCCCCCCCC(=O)NCCCC[C@H](NC(=O)N[C@@H](CCC(=O)O)C(=O)O)C(=O)O)CC3)n2)CC1. The van der Waals surface area contributed by atoms with Crippen molar-refractivity contribution >= 4 is 83.2 Å². The summed E-state index contributed by atoms with van der Waals surface area (Å²) in [5, 5.41) is 86.7. The van der Waals surface area contributed by atoms with Crippen molar-refractivity contribution in [2.75, 3.05) is 139 Å². The normalized spacial score (nSPS) is 17.6. The molecule has 3 aliphatic rings. The second-order valence-electron chi connectivity index (χ2n) is 24.6. The Balaban J connectivity index is 1.09. The zero-order valence-electron chi connectivity index (χ0n) is 53.8. The molecular weight excluding hydrogens is 1230 g/mol. The molecule has 1 aromatic heterocycles. The third kappa shape index (κ3) is 30.8. The first kappa shape index (κ1) is 76.6. The first-order valence-electron chi connectivity index (χ1n) is 32.8. The van der Waals surface area contributed by atoms with Gasteiger partial charge in [0.15, 0.2) is 0 Å². The van der Waals surface area contributed by atoms with Gasteiger partial charge in [-0.1, -0.05) is 50.7 Å². The first-order chi connectivity index (χ1) is 45.0. The van der Waals surface area contributed by atoms with Crippen molar-refractivity contribution in [1.82, 2.24) is 55.4 Å². The molecule has 5 rings (SSSR count). The van der Waals surface area contributed by atoms with Gasteiger partial charge in [0.25, 0.3) is 0 Å². The Labute approximate surface area is 547 Å². The van der Waals surface area contributed by atoms with E-state index in [4.69, 9.17) is 20.1 Å². The van der Waals surface area contributed by atoms with Crippen LogP contribution in [0.1, 0.15) is 128 Å². The number of nitrogens with one attached hydrogen (secondary N) is 4. The second-order valence-corrected chi connectivity index (χ2v) is 24.6. The Hall–Kier alpha value is -8.07. The lowest BCUT2D eigenvalue weighted by atomic mass is 9.92. The minimum absolute atomic E-state index is 0.0410. The number of piperazine rings is 1. The summed E-state index contributed by atoms with van der Waals surface area (Å²) in [6, 6.07) is 3.14. The van der Waals surface area contributed by atoms with Crippen LogP contribution in [0.5, 0.6) is 0 Å². The quantitative estimate of drug-likeness (QED) is 0.0426. The molecule has 94 heavy (non-hydrogen) atoms. The zero-order valence-corrected chi connectivity index (χ0v) is 53.8. The summed E-state index contributed by atoms with van der Waals surface area (Å²) in [5.41, 5.74) is 1.49. The molecule has 3 atom stereocenters. The van der Waals surface area contributed by atoms with Crippen LogP contribution < -0.4 is 31.1 Å². The molecule has 524 valence electrons. The number of benzene rings is 1. The van der Waals surface area contributed by atoms with Gasteiger partial charge in [-0.2, -0.15) is 15.0 Å². The van der Waals surface area contributed by atoms with E-state index in [2.05, 4.69) is 36.0 Å². The first-order valence-corrected chi connectivity index (χ1v) is 32.8. The van der Waals surface area contributed by atoms with Crippen molar-refractivity contribution in [2.24, 2.45) is 5.92 Å². The smallest absolute Gasteiger partial charge is 0.326 e. The molecule has 0 saturated carbocycles. The van der Waals surface area contributed by atoms with E-state index in [1.807, 2.05) is 24.3 Å². The highest BCUT2D eigenvalue weighted by atomic mass is 16.4. The van der Waals surface area contributed by atoms with Crippen LogP contribution in [0.15, 0.2) is 24.3 Å². The molecule has 12 N–H and O–H groups in total. The lowest BCUT2D eigenvalue weighted by Crippen LogP contribution is -2.53. The Kier molecular flexibility index (Phi) is 33.9. The number of aliphatic carboxylic acids is 8. The Morgan fingerprint density at radius 3 is 1.52 bits per heavy atom. The van der Waals surface area contributed by atoms with Crippen molar-refractivity contribution in [1.29, 1.82) is 0 Å². The van der Waals surface area contributed by atoms with Crippen LogP contribution in [0.3, 0.4) is 0 Å². The number of aromatic nitrogens is 3. The van der Waals surface area contributed by atoms with E-state index >= 15 is 0 Å². The molecule has 0 spiro atoms. The molecule has 0 aliphatic carbocycles. The number of carbonyl (C=O) groups is 10. The summed E-state index contributed by atoms with van der Waals surface area (Å²) in [4.78, 5) is 146. The van der Waals surface area contributed by atoms with E-state index in [0.717, 1.165) is 95.8 Å². The number of unbranched alkanes of at least 4 members (excludes halogenated alkanes) is 8. The number of urea groups is 1. The van der Waals surface area contributed by atoms with Crippen molar-refractivity contribution < 1.29 is 88.8 Å². The molecule has 3 amide bonds. The standard InChI is InChI=1S/C62H98N14O18/c77-50(63-24-9-8-13-48(57(90)91)65-62(94)66-49(58(92)93)20-21-52(80)81)14-7-5-3-1-2-4-6-10-25-70-32-35-75(36-33-70)61-68-59(67-60(69-61)74-26-22-44(23-27-74)12-11-15-51(78)79)64-46-18-16-45(17-19-46)38-47-39-73(42-55(86)87)31-30-71(40-53(82)83)28-29-72(41-54(84)85)34-37-76(47)43-56(88)89/h16-19,44,47-49H,1-15,20-43H2,(H,63,77)(H,78,79)(H,80,81)(H,82,83)(H,84,85)(H,86,87)(H,88,89)(H,90,91)(H,92,93)(H2,65,66,94)(H,64,67,68,69)/t47?,48-,49-/m0/s1. The number of rotatable bonds is 41. The fourth-order valence-electron chi connectivity index (χ4n) is 11.9. The molecule has 3 fully saturated rings. The van der Waals surface area contributed by atoms with Crippen LogP contribution >= 0.6 is 0 Å². The van der Waals surface area contributed by atoms with Crippen molar-refractivity contribution in [3.05, 3.63) is 29.8 Å². The van der Waals surface area contributed by atoms with Gasteiger partial charge in [0.05, 0.1) is 26.2 Å². The van der Waals surface area contributed by atoms with E-state index in [1.54, 1.807) is 19.6 Å². The largest absolute Gasteiger partial charge is 0.481 e. The topological polar surface area (TPSA) is 442 Å². The number of hydrogen-bond donors (Lipinski definition) is 12. The van der Waals surface area contributed by atoms with Crippen LogP contribution in [0.2, 0.25) is 0 Å². The zero-order chi connectivity index (χ0) is 68.4. The van der Waals surface area contributed by atoms with Crippen molar-refractivity contribution in [3.8, 4) is 0 Å². The summed E-state index contributed by atoms with van der Waals surface area (Å²) in [6.07, 6.45) is 12.2. The Morgan fingerprint density at radius 1 is 0.468 bits per heavy atom. The summed E-state index contributed by atoms with van der Waals surface area (Å²) in [6.45, 7) is 5.57. The van der Waals surface area contributed by atoms with Gasteiger partial charge >= 0.3 is 53.8 Å². The van der Waals surface area contributed by atoms with Gasteiger partial charge in [0.2, 0.25) is 23.8 Å². The predicted octanol–water partition coefficient (Wildman–Crippen LogP) is 2.55.